The lowest BCUT2D eigenvalue weighted by molar-refractivity contribution is -0.116. The maximum Gasteiger partial charge on any atom is 0.256 e. The second-order valence-corrected chi connectivity index (χ2v) is 9.77. The summed E-state index contributed by atoms with van der Waals surface area (Å²) in [5, 5.41) is 2.69. The highest BCUT2D eigenvalue weighted by atomic mass is 32.2. The molecule has 1 aromatic carbocycles. The Morgan fingerprint density at radius 3 is 2.43 bits per heavy atom. The fourth-order valence-electron chi connectivity index (χ4n) is 3.66. The smallest absolute Gasteiger partial charge is 0.256 e. The van der Waals surface area contributed by atoms with Crippen LogP contribution in [0, 0.1) is 13.8 Å². The Balaban J connectivity index is 1.67. The second-order valence-electron chi connectivity index (χ2n) is 7.77. The minimum atomic E-state index is -3.58. The Kier molecular flexibility index (Phi) is 6.72. The van der Waals surface area contributed by atoms with Crippen LogP contribution >= 0.6 is 0 Å². The molecule has 1 aliphatic rings. The third-order valence-corrected chi connectivity index (χ3v) is 7.66. The van der Waals surface area contributed by atoms with Gasteiger partial charge in [0.15, 0.2) is 0 Å². The third kappa shape index (κ3) is 4.79. The van der Waals surface area contributed by atoms with Gasteiger partial charge in [-0.05, 0) is 51.0 Å². The molecule has 2 aromatic rings. The lowest BCUT2D eigenvalue weighted by atomic mass is 9.96. The number of carbonyl (C=O) groups excluding carboxylic acids is 1. The van der Waals surface area contributed by atoms with E-state index in [-0.39, 0.29) is 23.0 Å². The normalized spacial score (nSPS) is 15.3. The van der Waals surface area contributed by atoms with Crippen LogP contribution in [0.25, 0.3) is 0 Å². The van der Waals surface area contributed by atoms with E-state index in [4.69, 9.17) is 0 Å². The molecule has 1 heterocycles. The quantitative estimate of drug-likeness (QED) is 0.756. The van der Waals surface area contributed by atoms with Crippen LogP contribution in [0.5, 0.6) is 0 Å². The van der Waals surface area contributed by atoms with Gasteiger partial charge in [0.2, 0.25) is 15.9 Å². The molecular formula is C21H28N4O4S. The van der Waals surface area contributed by atoms with Crippen molar-refractivity contribution in [2.45, 2.75) is 63.4 Å². The van der Waals surface area contributed by atoms with E-state index in [0.717, 1.165) is 32.1 Å². The Morgan fingerprint density at radius 1 is 1.17 bits per heavy atom. The Hall–Kier alpha value is -2.52. The van der Waals surface area contributed by atoms with Crippen molar-refractivity contribution < 1.29 is 13.2 Å². The number of hydrogen-bond donors (Lipinski definition) is 1. The van der Waals surface area contributed by atoms with Crippen molar-refractivity contribution >= 4 is 21.6 Å². The van der Waals surface area contributed by atoms with E-state index < -0.39 is 15.9 Å². The lowest BCUT2D eigenvalue weighted by Gasteiger charge is -2.30. The number of carbonyl (C=O) groups is 1. The average Bonchev–Trinajstić information content (AvgIpc) is 2.74. The summed E-state index contributed by atoms with van der Waals surface area (Å²) in [5.74, 6) is -0.392. The van der Waals surface area contributed by atoms with E-state index in [1.807, 2.05) is 0 Å². The number of nitrogens with one attached hydrogen (secondary N) is 1. The summed E-state index contributed by atoms with van der Waals surface area (Å²) >= 11 is 0. The predicted molar refractivity (Wildman–Crippen MR) is 115 cm³/mol. The molecule has 1 fully saturated rings. The second kappa shape index (κ2) is 9.09. The zero-order valence-corrected chi connectivity index (χ0v) is 18.4. The first-order valence-electron chi connectivity index (χ1n) is 10.1. The zero-order chi connectivity index (χ0) is 21.9. The first-order valence-corrected chi connectivity index (χ1v) is 11.5. The molecule has 162 valence electrons. The minimum Gasteiger partial charge on any atom is -0.325 e. The van der Waals surface area contributed by atoms with Gasteiger partial charge < -0.3 is 5.32 Å². The minimum absolute atomic E-state index is 0.0352. The summed E-state index contributed by atoms with van der Waals surface area (Å²) < 4.78 is 28.5. The van der Waals surface area contributed by atoms with Crippen LogP contribution in [-0.4, -0.2) is 41.3 Å². The molecular weight excluding hydrogens is 404 g/mol. The van der Waals surface area contributed by atoms with Gasteiger partial charge in [-0.25, -0.2) is 13.4 Å². The van der Waals surface area contributed by atoms with Crippen molar-refractivity contribution in [2.24, 2.45) is 0 Å². The van der Waals surface area contributed by atoms with E-state index in [1.165, 1.54) is 27.3 Å². The van der Waals surface area contributed by atoms with E-state index >= 15 is 0 Å². The molecule has 1 amide bonds. The molecule has 0 atom stereocenters. The van der Waals surface area contributed by atoms with Gasteiger partial charge in [-0.15, -0.1) is 0 Å². The lowest BCUT2D eigenvalue weighted by Crippen LogP contribution is -2.38. The van der Waals surface area contributed by atoms with Crippen LogP contribution in [-0.2, 0) is 21.4 Å². The number of aromatic nitrogens is 2. The van der Waals surface area contributed by atoms with E-state index in [1.54, 1.807) is 33.0 Å². The summed E-state index contributed by atoms with van der Waals surface area (Å²) in [7, 11) is -1.94. The number of anilines is 1. The molecule has 30 heavy (non-hydrogen) atoms. The number of nitrogens with zero attached hydrogens (tertiary/aromatic N) is 3. The predicted octanol–water partition coefficient (Wildman–Crippen LogP) is 2.45. The molecule has 0 spiro atoms. The van der Waals surface area contributed by atoms with Crippen LogP contribution in [0.3, 0.4) is 0 Å². The van der Waals surface area contributed by atoms with E-state index in [9.17, 15) is 18.0 Å². The highest BCUT2D eigenvalue weighted by Crippen LogP contribution is 2.27. The average molecular weight is 433 g/mol. The fourth-order valence-corrected chi connectivity index (χ4v) is 5.08. The molecule has 1 aliphatic carbocycles. The molecule has 3 rings (SSSR count). The molecule has 0 saturated heterocycles. The standard InChI is InChI=1S/C21H28N4O4S/c1-15-16(2)22-14-25(21(15)27)13-20(26)23-17-9-11-19(12-10-17)30(28,29)24(3)18-7-5-4-6-8-18/h9-12,14,18H,4-8,13H2,1-3H3,(H,23,26). The van der Waals surface area contributed by atoms with Gasteiger partial charge in [0.1, 0.15) is 6.54 Å². The SMILES string of the molecule is Cc1ncn(CC(=O)Nc2ccc(S(=O)(=O)N(C)C3CCCCC3)cc2)c(=O)c1C. The molecule has 1 saturated carbocycles. The molecule has 0 unspecified atom stereocenters. The van der Waals surface area contributed by atoms with Crippen molar-refractivity contribution in [3.05, 3.63) is 52.2 Å². The number of amides is 1. The third-order valence-electron chi connectivity index (χ3n) is 5.73. The maximum absolute atomic E-state index is 12.9. The van der Waals surface area contributed by atoms with Gasteiger partial charge in [-0.1, -0.05) is 19.3 Å². The maximum atomic E-state index is 12.9. The Labute approximate surface area is 177 Å². The highest BCUT2D eigenvalue weighted by molar-refractivity contribution is 7.89. The van der Waals surface area contributed by atoms with Crippen LogP contribution in [0.2, 0.25) is 0 Å². The molecule has 1 N–H and O–H groups in total. The number of sulfonamides is 1. The van der Waals surface area contributed by atoms with Gasteiger partial charge in [0.05, 0.1) is 11.2 Å². The first-order chi connectivity index (χ1) is 14.2. The molecule has 8 nitrogen and oxygen atoms in total. The van der Waals surface area contributed by atoms with Crippen molar-refractivity contribution in [3.8, 4) is 0 Å². The largest absolute Gasteiger partial charge is 0.325 e. The highest BCUT2D eigenvalue weighted by Gasteiger charge is 2.28. The topological polar surface area (TPSA) is 101 Å². The van der Waals surface area contributed by atoms with E-state index in [0.29, 0.717) is 16.9 Å². The number of rotatable bonds is 6. The number of aryl methyl sites for hydroxylation is 1. The summed E-state index contributed by atoms with van der Waals surface area (Å²) in [6.07, 6.45) is 6.38. The van der Waals surface area contributed by atoms with Crippen molar-refractivity contribution in [1.29, 1.82) is 0 Å². The van der Waals surface area contributed by atoms with Crippen LogP contribution in [0.15, 0.2) is 40.3 Å². The van der Waals surface area contributed by atoms with Gasteiger partial charge in [-0.3, -0.25) is 14.2 Å². The summed E-state index contributed by atoms with van der Waals surface area (Å²) in [6, 6.07) is 6.14. The summed E-state index contributed by atoms with van der Waals surface area (Å²) in [6.45, 7) is 3.24. The molecule has 0 radical (unpaired) electrons. The van der Waals surface area contributed by atoms with Gasteiger partial charge >= 0.3 is 0 Å². The van der Waals surface area contributed by atoms with E-state index in [2.05, 4.69) is 10.3 Å². The summed E-state index contributed by atoms with van der Waals surface area (Å²) in [5.41, 5.74) is 1.34. The summed E-state index contributed by atoms with van der Waals surface area (Å²) in [4.78, 5) is 28.8. The van der Waals surface area contributed by atoms with Gasteiger partial charge in [0.25, 0.3) is 5.56 Å². The fraction of sp³-hybridized carbons (Fsp3) is 0.476. The van der Waals surface area contributed by atoms with Crippen molar-refractivity contribution in [3.63, 3.8) is 0 Å². The first kappa shape index (κ1) is 22.2. The van der Waals surface area contributed by atoms with Crippen molar-refractivity contribution in [2.75, 3.05) is 12.4 Å². The van der Waals surface area contributed by atoms with Crippen LogP contribution in [0.1, 0.15) is 43.4 Å². The Bertz CT molecular complexity index is 1070. The Morgan fingerprint density at radius 2 is 1.80 bits per heavy atom. The molecule has 1 aromatic heterocycles. The van der Waals surface area contributed by atoms with Crippen molar-refractivity contribution in [1.82, 2.24) is 13.9 Å². The number of benzene rings is 1. The van der Waals surface area contributed by atoms with Gasteiger partial charge in [-0.2, -0.15) is 4.31 Å². The van der Waals surface area contributed by atoms with Gasteiger partial charge in [0, 0.05) is 30.0 Å². The number of hydrogen-bond acceptors (Lipinski definition) is 5. The zero-order valence-electron chi connectivity index (χ0n) is 17.6. The molecule has 9 heteroatoms. The van der Waals surface area contributed by atoms with Crippen LogP contribution in [0.4, 0.5) is 5.69 Å². The van der Waals surface area contributed by atoms with Crippen LogP contribution < -0.4 is 10.9 Å². The monoisotopic (exact) mass is 432 g/mol. The molecule has 0 bridgehead atoms. The molecule has 0 aliphatic heterocycles.